The van der Waals surface area contributed by atoms with Gasteiger partial charge in [0.2, 0.25) is 0 Å². The normalized spacial score (nSPS) is 11.3. The largest absolute Gasteiger partial charge is 0.462 e. The lowest BCUT2D eigenvalue weighted by Gasteiger charge is -2.18. The van der Waals surface area contributed by atoms with Crippen molar-refractivity contribution in [1.29, 1.82) is 0 Å². The highest BCUT2D eigenvalue weighted by Gasteiger charge is 2.18. The summed E-state index contributed by atoms with van der Waals surface area (Å²) in [5.74, 6) is -0.435. The van der Waals surface area contributed by atoms with Crippen molar-refractivity contribution >= 4 is 27.5 Å². The second kappa shape index (κ2) is 8.94. The Morgan fingerprint density at radius 1 is 1.33 bits per heavy atom. The lowest BCUT2D eigenvalue weighted by Crippen LogP contribution is -2.31. The van der Waals surface area contributed by atoms with Crippen LogP contribution in [0, 0.1) is 0 Å². The van der Waals surface area contributed by atoms with Gasteiger partial charge in [-0.1, -0.05) is 27.2 Å². The third-order valence-corrected chi connectivity index (χ3v) is 4.95. The number of thiophene rings is 1. The van der Waals surface area contributed by atoms with Gasteiger partial charge in [-0.3, -0.25) is 9.36 Å². The van der Waals surface area contributed by atoms with Gasteiger partial charge in [-0.25, -0.2) is 9.78 Å². The van der Waals surface area contributed by atoms with Crippen molar-refractivity contribution in [2.24, 2.45) is 0 Å². The van der Waals surface area contributed by atoms with Gasteiger partial charge in [0.15, 0.2) is 0 Å². The maximum atomic E-state index is 12.7. The summed E-state index contributed by atoms with van der Waals surface area (Å²) >= 11 is 1.30. The number of rotatable bonds is 9. The molecule has 0 radical (unpaired) electrons. The summed E-state index contributed by atoms with van der Waals surface area (Å²) in [6, 6.07) is 0. The van der Waals surface area contributed by atoms with Crippen molar-refractivity contribution in [3.05, 3.63) is 27.6 Å². The van der Waals surface area contributed by atoms with Crippen LogP contribution in [0.5, 0.6) is 0 Å². The Bertz CT molecular complexity index is 734. The molecule has 0 aromatic carbocycles. The van der Waals surface area contributed by atoms with Crippen molar-refractivity contribution in [1.82, 2.24) is 14.5 Å². The highest BCUT2D eigenvalue weighted by molar-refractivity contribution is 7.17. The number of carbonyl (C=O) groups excluding carboxylic acids is 1. The van der Waals surface area contributed by atoms with Gasteiger partial charge in [0.1, 0.15) is 4.83 Å². The van der Waals surface area contributed by atoms with Crippen molar-refractivity contribution in [2.45, 2.75) is 40.2 Å². The van der Waals surface area contributed by atoms with E-state index in [4.69, 9.17) is 4.74 Å². The Kier molecular flexibility index (Phi) is 6.93. The van der Waals surface area contributed by atoms with Crippen LogP contribution >= 0.6 is 11.3 Å². The minimum atomic E-state index is -0.435. The van der Waals surface area contributed by atoms with Gasteiger partial charge < -0.3 is 9.64 Å². The number of aromatic nitrogens is 2. The van der Waals surface area contributed by atoms with E-state index in [1.807, 2.05) is 6.92 Å². The van der Waals surface area contributed by atoms with E-state index in [0.29, 0.717) is 28.9 Å². The first kappa shape index (κ1) is 18.6. The monoisotopic (exact) mass is 351 g/mol. The molecule has 0 saturated carbocycles. The van der Waals surface area contributed by atoms with Crippen molar-refractivity contribution in [2.75, 3.05) is 26.2 Å². The van der Waals surface area contributed by atoms with Crippen molar-refractivity contribution in [3.63, 3.8) is 0 Å². The highest BCUT2D eigenvalue weighted by Crippen LogP contribution is 2.21. The van der Waals surface area contributed by atoms with E-state index in [9.17, 15) is 9.59 Å². The van der Waals surface area contributed by atoms with Gasteiger partial charge in [-0.2, -0.15) is 0 Å². The SMILES string of the molecule is CCCCOC(=O)c1csc2ncn(CCN(CC)CC)c(=O)c12. The molecule has 0 N–H and O–H groups in total. The molecular formula is C17H25N3O3S. The molecule has 0 bridgehead atoms. The average Bonchev–Trinajstić information content (AvgIpc) is 3.02. The Labute approximate surface area is 146 Å². The summed E-state index contributed by atoms with van der Waals surface area (Å²) < 4.78 is 6.83. The summed E-state index contributed by atoms with van der Waals surface area (Å²) in [5, 5.41) is 2.05. The number of ether oxygens (including phenoxy) is 1. The van der Waals surface area contributed by atoms with Crippen LogP contribution in [0.2, 0.25) is 0 Å². The summed E-state index contributed by atoms with van der Waals surface area (Å²) in [6.07, 6.45) is 3.34. The number of hydrogen-bond acceptors (Lipinski definition) is 6. The van der Waals surface area contributed by atoms with Gasteiger partial charge >= 0.3 is 5.97 Å². The molecular weight excluding hydrogens is 326 g/mol. The molecule has 132 valence electrons. The predicted molar refractivity (Wildman–Crippen MR) is 96.9 cm³/mol. The molecule has 0 aliphatic carbocycles. The number of hydrogen-bond donors (Lipinski definition) is 0. The van der Waals surface area contributed by atoms with Gasteiger partial charge in [-0.15, -0.1) is 11.3 Å². The lowest BCUT2D eigenvalue weighted by atomic mass is 10.2. The Balaban J connectivity index is 2.24. The molecule has 0 atom stereocenters. The minimum Gasteiger partial charge on any atom is -0.462 e. The number of unbranched alkanes of at least 4 members (excludes halogenated alkanes) is 1. The standard InChI is InChI=1S/C17H25N3O3S/c1-4-7-10-23-17(22)13-11-24-15-14(13)16(21)20(12-18-15)9-8-19(5-2)6-3/h11-12H,4-10H2,1-3H3. The maximum absolute atomic E-state index is 12.7. The molecule has 2 rings (SSSR count). The van der Waals surface area contributed by atoms with Gasteiger partial charge in [0.05, 0.1) is 23.9 Å². The predicted octanol–water partition coefficient (Wildman–Crippen LogP) is 2.76. The summed E-state index contributed by atoms with van der Waals surface area (Å²) in [5.41, 5.74) is 0.164. The van der Waals surface area contributed by atoms with Crippen LogP contribution in [0.1, 0.15) is 44.0 Å². The Morgan fingerprint density at radius 2 is 2.08 bits per heavy atom. The molecule has 0 saturated heterocycles. The number of esters is 1. The highest BCUT2D eigenvalue weighted by atomic mass is 32.1. The molecule has 24 heavy (non-hydrogen) atoms. The number of nitrogens with zero attached hydrogens (tertiary/aromatic N) is 3. The zero-order valence-corrected chi connectivity index (χ0v) is 15.4. The molecule has 2 aromatic heterocycles. The van der Waals surface area contributed by atoms with Crippen LogP contribution < -0.4 is 5.56 Å². The van der Waals surface area contributed by atoms with Crippen molar-refractivity contribution in [3.8, 4) is 0 Å². The molecule has 6 nitrogen and oxygen atoms in total. The molecule has 0 spiro atoms. The third-order valence-electron chi connectivity index (χ3n) is 4.06. The number of carbonyl (C=O) groups is 1. The number of likely N-dealkylation sites (N-methyl/N-ethyl adjacent to an activating group) is 1. The zero-order valence-electron chi connectivity index (χ0n) is 14.6. The van der Waals surface area contributed by atoms with Crippen LogP contribution in [-0.4, -0.2) is 46.7 Å². The molecule has 0 amide bonds. The fourth-order valence-electron chi connectivity index (χ4n) is 2.45. The molecule has 2 aromatic rings. The molecule has 7 heteroatoms. The molecule has 0 unspecified atom stereocenters. The number of fused-ring (bicyclic) bond motifs is 1. The second-order valence-corrected chi connectivity index (χ2v) is 6.45. The van der Waals surface area contributed by atoms with E-state index in [1.54, 1.807) is 16.3 Å². The first-order valence-corrected chi connectivity index (χ1v) is 9.36. The van der Waals surface area contributed by atoms with Crippen LogP contribution in [-0.2, 0) is 11.3 Å². The molecule has 0 fully saturated rings. The average molecular weight is 351 g/mol. The topological polar surface area (TPSA) is 64.4 Å². The van der Waals surface area contributed by atoms with Gasteiger partial charge in [-0.05, 0) is 19.5 Å². The molecule has 2 heterocycles. The fraction of sp³-hybridized carbons (Fsp3) is 0.588. The van der Waals surface area contributed by atoms with Crippen LogP contribution in [0.15, 0.2) is 16.5 Å². The van der Waals surface area contributed by atoms with E-state index in [-0.39, 0.29) is 5.56 Å². The second-order valence-electron chi connectivity index (χ2n) is 5.59. The van der Waals surface area contributed by atoms with Gasteiger partial charge in [0, 0.05) is 18.5 Å². The quantitative estimate of drug-likeness (QED) is 0.513. The van der Waals surface area contributed by atoms with E-state index in [2.05, 4.69) is 23.7 Å². The summed E-state index contributed by atoms with van der Waals surface area (Å²) in [7, 11) is 0. The lowest BCUT2D eigenvalue weighted by molar-refractivity contribution is 0.0502. The van der Waals surface area contributed by atoms with E-state index in [0.717, 1.165) is 32.5 Å². The minimum absolute atomic E-state index is 0.171. The zero-order chi connectivity index (χ0) is 17.5. The van der Waals surface area contributed by atoms with E-state index >= 15 is 0 Å². The van der Waals surface area contributed by atoms with Crippen LogP contribution in [0.25, 0.3) is 10.2 Å². The van der Waals surface area contributed by atoms with Crippen LogP contribution in [0.3, 0.4) is 0 Å². The summed E-state index contributed by atoms with van der Waals surface area (Å²) in [4.78, 5) is 32.1. The third kappa shape index (κ3) is 4.21. The maximum Gasteiger partial charge on any atom is 0.339 e. The Morgan fingerprint density at radius 3 is 2.75 bits per heavy atom. The summed E-state index contributed by atoms with van der Waals surface area (Å²) in [6.45, 7) is 9.82. The fourth-order valence-corrected chi connectivity index (χ4v) is 3.32. The Hall–Kier alpha value is -1.73. The van der Waals surface area contributed by atoms with Gasteiger partial charge in [0.25, 0.3) is 5.56 Å². The molecule has 0 aliphatic rings. The van der Waals surface area contributed by atoms with Crippen molar-refractivity contribution < 1.29 is 9.53 Å². The van der Waals surface area contributed by atoms with E-state index in [1.165, 1.54) is 11.3 Å². The van der Waals surface area contributed by atoms with Crippen LogP contribution in [0.4, 0.5) is 0 Å². The first-order chi connectivity index (χ1) is 11.6. The molecule has 0 aliphatic heterocycles. The smallest absolute Gasteiger partial charge is 0.339 e. The van der Waals surface area contributed by atoms with E-state index < -0.39 is 5.97 Å². The first-order valence-electron chi connectivity index (χ1n) is 8.48.